The summed E-state index contributed by atoms with van der Waals surface area (Å²) in [4.78, 5) is 21.4. The van der Waals surface area contributed by atoms with Crippen molar-refractivity contribution in [1.82, 2.24) is 9.97 Å². The highest BCUT2D eigenvalue weighted by Gasteiger charge is 2.29. The minimum Gasteiger partial charge on any atom is -0.381 e. The smallest absolute Gasteiger partial charge is 0.332 e. The van der Waals surface area contributed by atoms with Crippen LogP contribution in [0.2, 0.25) is 0 Å². The number of piperidine rings is 1. The fourth-order valence-corrected chi connectivity index (χ4v) is 2.53. The molecule has 2 rings (SSSR count). The van der Waals surface area contributed by atoms with Crippen LogP contribution in [-0.2, 0) is 4.74 Å². The van der Waals surface area contributed by atoms with E-state index >= 15 is 0 Å². The molecule has 0 bridgehead atoms. The van der Waals surface area contributed by atoms with E-state index in [9.17, 15) is 10.1 Å². The van der Waals surface area contributed by atoms with Crippen LogP contribution in [0, 0.1) is 17.0 Å². The molecule has 1 aliphatic heterocycles. The molecule has 1 aliphatic rings. The molecule has 116 valence electrons. The zero-order valence-electron chi connectivity index (χ0n) is 12.6. The molecule has 8 nitrogen and oxygen atoms in total. The predicted molar refractivity (Wildman–Crippen MR) is 79.8 cm³/mol. The first-order valence-electron chi connectivity index (χ1n) is 7.11. The van der Waals surface area contributed by atoms with E-state index in [1.54, 1.807) is 14.0 Å². The summed E-state index contributed by atoms with van der Waals surface area (Å²) in [7, 11) is 1.70. The summed E-state index contributed by atoms with van der Waals surface area (Å²) in [5, 5.41) is 14.3. The molecule has 0 spiro atoms. The number of nitro groups is 1. The number of rotatable bonds is 5. The van der Waals surface area contributed by atoms with Gasteiger partial charge < -0.3 is 15.0 Å². The molecule has 0 aromatic carbocycles. The molecule has 1 saturated heterocycles. The lowest BCUT2D eigenvalue weighted by molar-refractivity contribution is -0.385. The van der Waals surface area contributed by atoms with E-state index in [-0.39, 0.29) is 11.8 Å². The molecule has 0 atom stereocenters. The van der Waals surface area contributed by atoms with Crippen molar-refractivity contribution in [3.05, 3.63) is 15.8 Å². The molecule has 2 heterocycles. The normalized spacial score (nSPS) is 16.0. The van der Waals surface area contributed by atoms with Gasteiger partial charge in [0.25, 0.3) is 0 Å². The maximum Gasteiger partial charge on any atom is 0.332 e. The molecule has 8 heteroatoms. The zero-order valence-corrected chi connectivity index (χ0v) is 12.6. The first-order valence-corrected chi connectivity index (χ1v) is 7.11. The molecule has 0 radical (unpaired) electrons. The third kappa shape index (κ3) is 3.38. The van der Waals surface area contributed by atoms with Crippen molar-refractivity contribution in [3.63, 3.8) is 0 Å². The molecule has 1 aromatic rings. The molecule has 0 amide bonds. The largest absolute Gasteiger partial charge is 0.381 e. The van der Waals surface area contributed by atoms with Gasteiger partial charge in [-0.3, -0.25) is 10.1 Å². The molecular weight excluding hydrogens is 274 g/mol. The van der Waals surface area contributed by atoms with Gasteiger partial charge in [-0.1, -0.05) is 0 Å². The quantitative estimate of drug-likeness (QED) is 0.653. The topological polar surface area (TPSA) is 93.4 Å². The number of nitrogens with one attached hydrogen (secondary N) is 1. The van der Waals surface area contributed by atoms with Crippen LogP contribution in [-0.4, -0.2) is 47.7 Å². The van der Waals surface area contributed by atoms with Gasteiger partial charge in [0.05, 0.1) is 11.0 Å². The van der Waals surface area contributed by atoms with E-state index in [2.05, 4.69) is 15.3 Å². The number of hydrogen-bond donors (Lipinski definition) is 1. The van der Waals surface area contributed by atoms with E-state index in [4.69, 9.17) is 4.74 Å². The van der Waals surface area contributed by atoms with Gasteiger partial charge in [-0.05, 0) is 26.7 Å². The number of aryl methyl sites for hydroxylation is 1. The minimum atomic E-state index is -0.400. The van der Waals surface area contributed by atoms with Gasteiger partial charge in [0, 0.05) is 26.7 Å². The van der Waals surface area contributed by atoms with Crippen molar-refractivity contribution in [2.75, 3.05) is 37.0 Å². The van der Waals surface area contributed by atoms with Crippen LogP contribution in [0.25, 0.3) is 0 Å². The first-order chi connectivity index (χ1) is 10.1. The second-order valence-corrected chi connectivity index (χ2v) is 5.01. The lowest BCUT2D eigenvalue weighted by atomic mass is 10.1. The van der Waals surface area contributed by atoms with Gasteiger partial charge in [-0.2, -0.15) is 4.98 Å². The Labute approximate surface area is 123 Å². The van der Waals surface area contributed by atoms with Crippen LogP contribution in [0.15, 0.2) is 0 Å². The Balaban J connectivity index is 2.33. The van der Waals surface area contributed by atoms with E-state index in [0.717, 1.165) is 12.8 Å². The van der Waals surface area contributed by atoms with Crippen molar-refractivity contribution in [1.29, 1.82) is 0 Å². The third-order valence-electron chi connectivity index (χ3n) is 3.63. The summed E-state index contributed by atoms with van der Waals surface area (Å²) in [6, 6.07) is 0. The zero-order chi connectivity index (χ0) is 15.4. The van der Waals surface area contributed by atoms with E-state index < -0.39 is 4.92 Å². The van der Waals surface area contributed by atoms with Crippen molar-refractivity contribution in [2.45, 2.75) is 32.8 Å². The molecule has 0 unspecified atom stereocenters. The van der Waals surface area contributed by atoms with Gasteiger partial charge in [-0.15, -0.1) is 0 Å². The standard InChI is InChI=1S/C13H21N5O3/c1-4-14-13-15-9(2)11(18(19)20)12(16-13)17-7-5-10(21-3)6-8-17/h10H,4-8H2,1-3H3,(H,14,15,16). The van der Waals surface area contributed by atoms with Crippen molar-refractivity contribution >= 4 is 17.5 Å². The van der Waals surface area contributed by atoms with E-state index in [1.807, 2.05) is 11.8 Å². The summed E-state index contributed by atoms with van der Waals surface area (Å²) in [6.45, 7) is 5.64. The van der Waals surface area contributed by atoms with Crippen molar-refractivity contribution in [2.24, 2.45) is 0 Å². The van der Waals surface area contributed by atoms with Crippen LogP contribution in [0.1, 0.15) is 25.5 Å². The molecule has 21 heavy (non-hydrogen) atoms. The van der Waals surface area contributed by atoms with Gasteiger partial charge >= 0.3 is 5.69 Å². The van der Waals surface area contributed by atoms with Crippen LogP contribution >= 0.6 is 0 Å². The monoisotopic (exact) mass is 295 g/mol. The molecule has 0 saturated carbocycles. The lowest BCUT2D eigenvalue weighted by Gasteiger charge is -2.31. The molecule has 1 N–H and O–H groups in total. The lowest BCUT2D eigenvalue weighted by Crippen LogP contribution is -2.37. The van der Waals surface area contributed by atoms with Crippen LogP contribution in [0.5, 0.6) is 0 Å². The summed E-state index contributed by atoms with van der Waals surface area (Å²) in [5.41, 5.74) is 0.377. The maximum absolute atomic E-state index is 11.3. The molecule has 1 aromatic heterocycles. The van der Waals surface area contributed by atoms with Gasteiger partial charge in [0.15, 0.2) is 0 Å². The second-order valence-electron chi connectivity index (χ2n) is 5.01. The Morgan fingerprint density at radius 1 is 1.43 bits per heavy atom. The number of ether oxygens (including phenoxy) is 1. The highest BCUT2D eigenvalue weighted by molar-refractivity contribution is 5.62. The Morgan fingerprint density at radius 3 is 2.62 bits per heavy atom. The number of anilines is 2. The Kier molecular flexibility index (Phi) is 4.89. The van der Waals surface area contributed by atoms with Crippen molar-refractivity contribution in [3.8, 4) is 0 Å². The molecular formula is C13H21N5O3. The van der Waals surface area contributed by atoms with Crippen LogP contribution in [0.4, 0.5) is 17.5 Å². The van der Waals surface area contributed by atoms with Crippen LogP contribution in [0.3, 0.4) is 0 Å². The summed E-state index contributed by atoms with van der Waals surface area (Å²) in [5.74, 6) is 0.836. The summed E-state index contributed by atoms with van der Waals surface area (Å²) >= 11 is 0. The summed E-state index contributed by atoms with van der Waals surface area (Å²) in [6.07, 6.45) is 1.90. The number of nitrogens with zero attached hydrogens (tertiary/aromatic N) is 4. The van der Waals surface area contributed by atoms with E-state index in [1.165, 1.54) is 0 Å². The average molecular weight is 295 g/mol. The number of hydrogen-bond acceptors (Lipinski definition) is 7. The predicted octanol–water partition coefficient (Wildman–Crippen LogP) is 1.74. The number of aromatic nitrogens is 2. The molecule has 1 fully saturated rings. The highest BCUT2D eigenvalue weighted by Crippen LogP contribution is 2.31. The first kappa shape index (κ1) is 15.4. The van der Waals surface area contributed by atoms with Gasteiger partial charge in [0.2, 0.25) is 11.8 Å². The second kappa shape index (κ2) is 6.66. The van der Waals surface area contributed by atoms with E-state index in [0.29, 0.717) is 37.1 Å². The Morgan fingerprint density at radius 2 is 2.10 bits per heavy atom. The average Bonchev–Trinajstić information content (AvgIpc) is 2.46. The molecule has 0 aliphatic carbocycles. The maximum atomic E-state index is 11.3. The Hall–Kier alpha value is -1.96. The fraction of sp³-hybridized carbons (Fsp3) is 0.692. The SMILES string of the molecule is CCNc1nc(C)c([N+](=O)[O-])c(N2CCC(OC)CC2)n1. The minimum absolute atomic E-state index is 0.00693. The fourth-order valence-electron chi connectivity index (χ4n) is 2.53. The van der Waals surface area contributed by atoms with Crippen LogP contribution < -0.4 is 10.2 Å². The highest BCUT2D eigenvalue weighted by atomic mass is 16.6. The van der Waals surface area contributed by atoms with Gasteiger partial charge in [-0.25, -0.2) is 4.98 Å². The van der Waals surface area contributed by atoms with Gasteiger partial charge in [0.1, 0.15) is 5.69 Å². The Bertz CT molecular complexity index is 515. The summed E-state index contributed by atoms with van der Waals surface area (Å²) < 4.78 is 5.33. The van der Waals surface area contributed by atoms with Crippen molar-refractivity contribution < 1.29 is 9.66 Å². The number of methoxy groups -OCH3 is 1. The third-order valence-corrected chi connectivity index (χ3v) is 3.63.